The first-order valence-corrected chi connectivity index (χ1v) is 9.79. The maximum atomic E-state index is 13.3. The van der Waals surface area contributed by atoms with Crippen LogP contribution in [0.3, 0.4) is 0 Å². The average molecular weight is 412 g/mol. The van der Waals surface area contributed by atoms with E-state index in [-0.39, 0.29) is 12.0 Å². The van der Waals surface area contributed by atoms with Gasteiger partial charge in [0.15, 0.2) is 0 Å². The van der Waals surface area contributed by atoms with Crippen molar-refractivity contribution in [3.05, 3.63) is 65.5 Å². The topological polar surface area (TPSA) is 90.6 Å². The molecule has 3 rings (SSSR count). The number of nitrogens with two attached hydrogens (primary N) is 1. The first-order chi connectivity index (χ1) is 14.0. The van der Waals surface area contributed by atoms with Crippen LogP contribution in [0.5, 0.6) is 0 Å². The molecule has 1 aliphatic rings. The minimum Gasteiger partial charge on any atom is -0.399 e. The molecule has 0 saturated carbocycles. The summed E-state index contributed by atoms with van der Waals surface area (Å²) in [5, 5.41) is 2.57. The summed E-state index contributed by atoms with van der Waals surface area (Å²) in [6.07, 6.45) is 0.208. The molecule has 30 heavy (non-hydrogen) atoms. The smallest absolute Gasteiger partial charge is 0.399 e. The number of amides is 2. The molecule has 1 fully saturated rings. The van der Waals surface area contributed by atoms with Crippen molar-refractivity contribution >= 4 is 24.4 Å². The average Bonchev–Trinajstić information content (AvgIpc) is 2.89. The van der Waals surface area contributed by atoms with Crippen LogP contribution in [-0.4, -0.2) is 36.2 Å². The highest BCUT2D eigenvalue weighted by molar-refractivity contribution is 6.62. The van der Waals surface area contributed by atoms with E-state index in [0.717, 1.165) is 17.1 Å². The molecule has 0 aromatic heterocycles. The van der Waals surface area contributed by atoms with Crippen molar-refractivity contribution in [2.24, 2.45) is 5.73 Å². The lowest BCUT2D eigenvalue weighted by Crippen LogP contribution is -2.46. The zero-order valence-electron chi connectivity index (χ0n) is 17.6. The normalized spacial score (nSPS) is 18.1. The number of benzene rings is 2. The van der Waals surface area contributed by atoms with Crippen LogP contribution in [0.2, 0.25) is 0 Å². The second-order valence-electron chi connectivity index (χ2n) is 8.47. The lowest BCUT2D eigenvalue weighted by Gasteiger charge is -2.32. The van der Waals surface area contributed by atoms with Gasteiger partial charge in [-0.15, -0.1) is 0 Å². The zero-order chi connectivity index (χ0) is 22.1. The van der Waals surface area contributed by atoms with Gasteiger partial charge in [-0.25, -0.2) is 4.39 Å². The van der Waals surface area contributed by atoms with Crippen LogP contribution in [0.4, 0.5) is 4.39 Å². The highest BCUT2D eigenvalue weighted by atomic mass is 19.1. The van der Waals surface area contributed by atoms with E-state index in [1.165, 1.54) is 18.2 Å². The third kappa shape index (κ3) is 4.71. The monoisotopic (exact) mass is 412 g/mol. The first-order valence-electron chi connectivity index (χ1n) is 9.79. The van der Waals surface area contributed by atoms with E-state index in [9.17, 15) is 14.0 Å². The predicted molar refractivity (Wildman–Crippen MR) is 113 cm³/mol. The summed E-state index contributed by atoms with van der Waals surface area (Å²) in [7, 11) is -0.483. The number of carbonyl (C=O) groups is 2. The van der Waals surface area contributed by atoms with Crippen molar-refractivity contribution in [2.45, 2.75) is 51.4 Å². The molecule has 3 N–H and O–H groups in total. The van der Waals surface area contributed by atoms with Crippen LogP contribution in [0, 0.1) is 5.82 Å². The molecule has 0 radical (unpaired) electrons. The molecular weight excluding hydrogens is 386 g/mol. The maximum Gasteiger partial charge on any atom is 0.494 e. The summed E-state index contributed by atoms with van der Waals surface area (Å²) in [6, 6.07) is 11.7. The summed E-state index contributed by atoms with van der Waals surface area (Å²) in [6.45, 7) is 7.94. The molecule has 158 valence electrons. The zero-order valence-corrected chi connectivity index (χ0v) is 17.6. The van der Waals surface area contributed by atoms with Crippen LogP contribution in [0.25, 0.3) is 0 Å². The third-order valence-corrected chi connectivity index (χ3v) is 5.68. The molecule has 2 aromatic carbocycles. The molecule has 1 aliphatic heterocycles. The second kappa shape index (κ2) is 8.20. The van der Waals surface area contributed by atoms with Gasteiger partial charge in [-0.1, -0.05) is 30.3 Å². The van der Waals surface area contributed by atoms with E-state index in [0.29, 0.717) is 0 Å². The number of carbonyl (C=O) groups excluding carboxylic acids is 2. The van der Waals surface area contributed by atoms with Crippen molar-refractivity contribution in [1.29, 1.82) is 0 Å². The Morgan fingerprint density at radius 1 is 1.07 bits per heavy atom. The Labute approximate surface area is 176 Å². The van der Waals surface area contributed by atoms with Crippen LogP contribution in [0.1, 0.15) is 43.6 Å². The Morgan fingerprint density at radius 3 is 2.20 bits per heavy atom. The van der Waals surface area contributed by atoms with Gasteiger partial charge in [0.05, 0.1) is 11.2 Å². The van der Waals surface area contributed by atoms with Crippen molar-refractivity contribution in [3.8, 4) is 0 Å². The van der Waals surface area contributed by atoms with Gasteiger partial charge in [0.25, 0.3) is 5.91 Å². The summed E-state index contributed by atoms with van der Waals surface area (Å²) in [5.74, 6) is -1.77. The summed E-state index contributed by atoms with van der Waals surface area (Å²) in [4.78, 5) is 24.2. The van der Waals surface area contributed by atoms with Gasteiger partial charge in [-0.3, -0.25) is 9.59 Å². The van der Waals surface area contributed by atoms with Gasteiger partial charge in [0, 0.05) is 12.0 Å². The fourth-order valence-corrected chi connectivity index (χ4v) is 3.12. The summed E-state index contributed by atoms with van der Waals surface area (Å²) < 4.78 is 25.4. The molecular formula is C22H26BFN2O4. The van der Waals surface area contributed by atoms with Crippen molar-refractivity contribution in [2.75, 3.05) is 0 Å². The molecule has 8 heteroatoms. The van der Waals surface area contributed by atoms with Gasteiger partial charge in [-0.2, -0.15) is 0 Å². The largest absolute Gasteiger partial charge is 0.494 e. The highest BCUT2D eigenvalue weighted by Crippen LogP contribution is 2.36. The Hall–Kier alpha value is -2.71. The van der Waals surface area contributed by atoms with Crippen molar-refractivity contribution in [1.82, 2.24) is 5.32 Å². The number of halogens is 1. The standard InChI is InChI=1S/C22H26BFN2O4/c1-21(2)22(3,4)30-23(29-21)16-10-8-14(9-11-16)12-18(19(25)27)26-20(28)15-6-5-7-17(24)13-15/h5-11,13,18H,12H2,1-4H3,(H2,25,27)(H,26,28)/t18-/m0/s1. The molecule has 0 unspecified atom stereocenters. The summed E-state index contributed by atoms with van der Waals surface area (Å²) in [5.41, 5.74) is 6.38. The molecule has 0 spiro atoms. The van der Waals surface area contributed by atoms with E-state index >= 15 is 0 Å². The second-order valence-corrected chi connectivity index (χ2v) is 8.47. The van der Waals surface area contributed by atoms with Crippen molar-refractivity contribution < 1.29 is 23.3 Å². The molecule has 2 amide bonds. The van der Waals surface area contributed by atoms with Gasteiger partial charge in [0.2, 0.25) is 5.91 Å². The number of primary amides is 1. The van der Waals surface area contributed by atoms with Crippen LogP contribution in [0.15, 0.2) is 48.5 Å². The summed E-state index contributed by atoms with van der Waals surface area (Å²) >= 11 is 0. The Balaban J connectivity index is 1.68. The van der Waals surface area contributed by atoms with E-state index < -0.39 is 42.0 Å². The molecule has 0 bridgehead atoms. The van der Waals surface area contributed by atoms with Gasteiger partial charge >= 0.3 is 7.12 Å². The van der Waals surface area contributed by atoms with Crippen LogP contribution < -0.4 is 16.5 Å². The molecule has 0 aliphatic carbocycles. The Bertz CT molecular complexity index is 930. The number of nitrogens with one attached hydrogen (secondary N) is 1. The van der Waals surface area contributed by atoms with Gasteiger partial charge in [-0.05, 0) is 56.9 Å². The third-order valence-electron chi connectivity index (χ3n) is 5.68. The first kappa shape index (κ1) is 22.0. The fourth-order valence-electron chi connectivity index (χ4n) is 3.12. The van der Waals surface area contributed by atoms with E-state index in [1.807, 2.05) is 52.0 Å². The van der Waals surface area contributed by atoms with E-state index in [2.05, 4.69) is 5.32 Å². The quantitative estimate of drug-likeness (QED) is 0.710. The maximum absolute atomic E-state index is 13.3. The number of rotatable bonds is 6. The molecule has 2 aromatic rings. The van der Waals surface area contributed by atoms with Gasteiger partial charge < -0.3 is 20.4 Å². The Morgan fingerprint density at radius 2 is 1.67 bits per heavy atom. The van der Waals surface area contributed by atoms with Crippen LogP contribution in [-0.2, 0) is 20.5 Å². The lowest BCUT2D eigenvalue weighted by molar-refractivity contribution is -0.119. The SMILES string of the molecule is CC1(C)OB(c2ccc(C[C@H](NC(=O)c3cccc(F)c3)C(N)=O)cc2)OC1(C)C. The minimum absolute atomic E-state index is 0.123. The van der Waals surface area contributed by atoms with E-state index in [4.69, 9.17) is 15.0 Å². The molecule has 6 nitrogen and oxygen atoms in total. The van der Waals surface area contributed by atoms with E-state index in [1.54, 1.807) is 0 Å². The molecule has 1 saturated heterocycles. The fraction of sp³-hybridized carbons (Fsp3) is 0.364. The van der Waals surface area contributed by atoms with Gasteiger partial charge in [0.1, 0.15) is 11.9 Å². The predicted octanol–water partition coefficient (Wildman–Crippen LogP) is 1.95. The molecule has 1 atom stereocenters. The Kier molecular flexibility index (Phi) is 6.01. The minimum atomic E-state index is -0.927. The van der Waals surface area contributed by atoms with Crippen LogP contribution >= 0.6 is 0 Å². The molecule has 1 heterocycles. The number of hydrogen-bond acceptors (Lipinski definition) is 4. The van der Waals surface area contributed by atoms with Crippen molar-refractivity contribution in [3.63, 3.8) is 0 Å². The highest BCUT2D eigenvalue weighted by Gasteiger charge is 2.51. The number of hydrogen-bond donors (Lipinski definition) is 2. The lowest BCUT2D eigenvalue weighted by atomic mass is 9.78.